The van der Waals surface area contributed by atoms with Gasteiger partial charge in [-0.2, -0.15) is 10.6 Å². The minimum Gasteiger partial charge on any atom is -0.296 e. The zero-order chi connectivity index (χ0) is 9.90. The van der Waals surface area contributed by atoms with Gasteiger partial charge in [0.05, 0.1) is 11.8 Å². The number of rotatable bonds is 3. The van der Waals surface area contributed by atoms with E-state index in [0.29, 0.717) is 6.54 Å². The normalized spacial score (nSPS) is 12.0. The summed E-state index contributed by atoms with van der Waals surface area (Å²) in [4.78, 5) is 5.36. The minimum atomic E-state index is -0.151. The smallest absolute Gasteiger partial charge is 0.0813 e. The van der Waals surface area contributed by atoms with Crippen molar-refractivity contribution in [1.82, 2.24) is 15.3 Å². The number of nitrogens with one attached hydrogen (secondary N) is 1. The summed E-state index contributed by atoms with van der Waals surface area (Å²) in [5.41, 5.74) is 3.87. The standard InChI is InChI=1S/C9H17N3O/c1-9(2,3)13-11-6-8-5-10-12(4)7-8/h5,7,11H,6H2,1-4H3. The lowest BCUT2D eigenvalue weighted by Gasteiger charge is -2.18. The molecule has 1 N–H and O–H groups in total. The molecule has 0 aromatic carbocycles. The van der Waals surface area contributed by atoms with E-state index in [2.05, 4.69) is 10.6 Å². The molecule has 1 rings (SSSR count). The van der Waals surface area contributed by atoms with E-state index in [1.54, 1.807) is 4.68 Å². The van der Waals surface area contributed by atoms with Gasteiger partial charge in [0.2, 0.25) is 0 Å². The lowest BCUT2D eigenvalue weighted by atomic mass is 10.2. The molecule has 1 aromatic rings. The summed E-state index contributed by atoms with van der Waals surface area (Å²) in [6.45, 7) is 6.70. The van der Waals surface area contributed by atoms with Gasteiger partial charge >= 0.3 is 0 Å². The molecule has 0 fully saturated rings. The van der Waals surface area contributed by atoms with Crippen molar-refractivity contribution < 1.29 is 4.84 Å². The van der Waals surface area contributed by atoms with Crippen molar-refractivity contribution in [2.24, 2.45) is 7.05 Å². The highest BCUT2D eigenvalue weighted by molar-refractivity contribution is 5.02. The Morgan fingerprint density at radius 3 is 2.69 bits per heavy atom. The maximum Gasteiger partial charge on any atom is 0.0813 e. The predicted octanol–water partition coefficient (Wildman–Crippen LogP) is 1.24. The molecule has 0 amide bonds. The Bertz CT molecular complexity index is 262. The third kappa shape index (κ3) is 4.05. The molecule has 0 radical (unpaired) electrons. The highest BCUT2D eigenvalue weighted by Gasteiger charge is 2.09. The highest BCUT2D eigenvalue weighted by atomic mass is 16.7. The molecular weight excluding hydrogens is 166 g/mol. The Morgan fingerprint density at radius 2 is 2.23 bits per heavy atom. The first kappa shape index (κ1) is 10.2. The Balaban J connectivity index is 2.28. The molecule has 0 unspecified atom stereocenters. The van der Waals surface area contributed by atoms with Crippen LogP contribution >= 0.6 is 0 Å². The van der Waals surface area contributed by atoms with Crippen LogP contribution in [0.15, 0.2) is 12.4 Å². The van der Waals surface area contributed by atoms with Crippen molar-refractivity contribution in [2.75, 3.05) is 0 Å². The molecule has 0 aliphatic rings. The molecule has 74 valence electrons. The van der Waals surface area contributed by atoms with E-state index in [1.165, 1.54) is 0 Å². The summed E-state index contributed by atoms with van der Waals surface area (Å²) in [5.74, 6) is 0. The van der Waals surface area contributed by atoms with Crippen molar-refractivity contribution in [3.63, 3.8) is 0 Å². The van der Waals surface area contributed by atoms with Crippen LogP contribution < -0.4 is 5.48 Å². The lowest BCUT2D eigenvalue weighted by Crippen LogP contribution is -2.28. The first-order valence-electron chi connectivity index (χ1n) is 4.36. The van der Waals surface area contributed by atoms with E-state index < -0.39 is 0 Å². The molecule has 0 bridgehead atoms. The fourth-order valence-corrected chi connectivity index (χ4v) is 0.899. The van der Waals surface area contributed by atoms with Gasteiger partial charge in [-0.1, -0.05) is 0 Å². The van der Waals surface area contributed by atoms with Crippen molar-refractivity contribution in [1.29, 1.82) is 0 Å². The van der Waals surface area contributed by atoms with Crippen LogP contribution in [0, 0.1) is 0 Å². The number of aryl methyl sites for hydroxylation is 1. The van der Waals surface area contributed by atoms with E-state index in [4.69, 9.17) is 4.84 Å². The van der Waals surface area contributed by atoms with Crippen LogP contribution in [0.1, 0.15) is 26.3 Å². The van der Waals surface area contributed by atoms with E-state index in [0.717, 1.165) is 5.56 Å². The molecule has 4 heteroatoms. The largest absolute Gasteiger partial charge is 0.296 e. The summed E-state index contributed by atoms with van der Waals surface area (Å²) in [6, 6.07) is 0. The number of nitrogens with zero attached hydrogens (tertiary/aromatic N) is 2. The summed E-state index contributed by atoms with van der Waals surface area (Å²) in [6.07, 6.45) is 3.78. The molecule has 0 atom stereocenters. The van der Waals surface area contributed by atoms with Crippen molar-refractivity contribution in [2.45, 2.75) is 32.9 Å². The maximum atomic E-state index is 5.36. The topological polar surface area (TPSA) is 39.1 Å². The predicted molar refractivity (Wildman–Crippen MR) is 50.9 cm³/mol. The van der Waals surface area contributed by atoms with Crippen LogP contribution in [-0.4, -0.2) is 15.4 Å². The van der Waals surface area contributed by atoms with E-state index in [1.807, 2.05) is 40.2 Å². The van der Waals surface area contributed by atoms with Gasteiger partial charge in [-0.25, -0.2) is 0 Å². The SMILES string of the molecule is Cn1cc(CNOC(C)(C)C)cn1. The van der Waals surface area contributed by atoms with Gasteiger partial charge in [0, 0.05) is 25.4 Å². The maximum absolute atomic E-state index is 5.36. The number of hydroxylamine groups is 1. The van der Waals surface area contributed by atoms with Crippen LogP contribution in [0.25, 0.3) is 0 Å². The quantitative estimate of drug-likeness (QED) is 0.717. The lowest BCUT2D eigenvalue weighted by molar-refractivity contribution is -0.0757. The third-order valence-corrected chi connectivity index (χ3v) is 1.41. The number of hydrogen-bond acceptors (Lipinski definition) is 3. The molecule has 0 saturated heterocycles. The second kappa shape index (κ2) is 3.89. The minimum absolute atomic E-state index is 0.151. The van der Waals surface area contributed by atoms with Crippen molar-refractivity contribution in [3.8, 4) is 0 Å². The van der Waals surface area contributed by atoms with E-state index >= 15 is 0 Å². The van der Waals surface area contributed by atoms with Gasteiger partial charge in [0.15, 0.2) is 0 Å². The molecule has 0 aliphatic carbocycles. The second-order valence-electron chi connectivity index (χ2n) is 4.06. The monoisotopic (exact) mass is 183 g/mol. The first-order chi connectivity index (χ1) is 5.97. The highest BCUT2D eigenvalue weighted by Crippen LogP contribution is 2.04. The van der Waals surface area contributed by atoms with E-state index in [9.17, 15) is 0 Å². The second-order valence-corrected chi connectivity index (χ2v) is 4.06. The van der Waals surface area contributed by atoms with Gasteiger partial charge in [0.1, 0.15) is 0 Å². The molecule has 13 heavy (non-hydrogen) atoms. The van der Waals surface area contributed by atoms with Gasteiger partial charge in [-0.3, -0.25) is 9.52 Å². The fourth-order valence-electron chi connectivity index (χ4n) is 0.899. The van der Waals surface area contributed by atoms with Crippen LogP contribution in [0.2, 0.25) is 0 Å². The molecule has 1 heterocycles. The van der Waals surface area contributed by atoms with Crippen LogP contribution in [-0.2, 0) is 18.4 Å². The Hall–Kier alpha value is -0.870. The molecular formula is C9H17N3O. The fraction of sp³-hybridized carbons (Fsp3) is 0.667. The van der Waals surface area contributed by atoms with Crippen LogP contribution in [0.3, 0.4) is 0 Å². The summed E-state index contributed by atoms with van der Waals surface area (Å²) < 4.78 is 1.77. The zero-order valence-corrected chi connectivity index (χ0v) is 8.66. The summed E-state index contributed by atoms with van der Waals surface area (Å²) in [7, 11) is 1.90. The Morgan fingerprint density at radius 1 is 1.54 bits per heavy atom. The molecule has 1 aromatic heterocycles. The Labute approximate surface area is 78.8 Å². The Kier molecular flexibility index (Phi) is 3.06. The first-order valence-corrected chi connectivity index (χ1v) is 4.36. The average Bonchev–Trinajstić information content (AvgIpc) is 2.33. The van der Waals surface area contributed by atoms with Crippen molar-refractivity contribution >= 4 is 0 Å². The van der Waals surface area contributed by atoms with Gasteiger partial charge in [-0.05, 0) is 20.8 Å². The summed E-state index contributed by atoms with van der Waals surface area (Å²) >= 11 is 0. The summed E-state index contributed by atoms with van der Waals surface area (Å²) in [5, 5.41) is 4.05. The van der Waals surface area contributed by atoms with E-state index in [-0.39, 0.29) is 5.60 Å². The van der Waals surface area contributed by atoms with Gasteiger partial charge in [-0.15, -0.1) is 0 Å². The third-order valence-electron chi connectivity index (χ3n) is 1.41. The average molecular weight is 183 g/mol. The van der Waals surface area contributed by atoms with Crippen LogP contribution in [0.4, 0.5) is 0 Å². The molecule has 0 spiro atoms. The van der Waals surface area contributed by atoms with Gasteiger partial charge < -0.3 is 0 Å². The van der Waals surface area contributed by atoms with Crippen molar-refractivity contribution in [3.05, 3.63) is 18.0 Å². The number of aromatic nitrogens is 2. The van der Waals surface area contributed by atoms with Gasteiger partial charge in [0.25, 0.3) is 0 Å². The zero-order valence-electron chi connectivity index (χ0n) is 8.66. The molecule has 4 nitrogen and oxygen atoms in total. The number of hydrogen-bond donors (Lipinski definition) is 1. The molecule has 0 saturated carbocycles. The van der Waals surface area contributed by atoms with Crippen LogP contribution in [0.5, 0.6) is 0 Å². The molecule has 0 aliphatic heterocycles.